The highest BCUT2D eigenvalue weighted by atomic mass is 35.5. The molecule has 38 heavy (non-hydrogen) atoms. The number of ether oxygens (including phenoxy) is 1. The number of carbonyl (C=O) groups is 1. The van der Waals surface area contributed by atoms with Gasteiger partial charge in [0.1, 0.15) is 5.71 Å². The van der Waals surface area contributed by atoms with Crippen molar-refractivity contribution in [3.05, 3.63) is 99.0 Å². The Morgan fingerprint density at radius 2 is 1.68 bits per heavy atom. The van der Waals surface area contributed by atoms with Crippen LogP contribution >= 0.6 is 34.8 Å². The molecule has 1 N–H and O–H groups in total. The molecule has 3 aromatic carbocycles. The van der Waals surface area contributed by atoms with Crippen LogP contribution in [0.1, 0.15) is 49.8 Å². The van der Waals surface area contributed by atoms with Crippen molar-refractivity contribution in [2.75, 3.05) is 5.01 Å². The molecule has 2 aliphatic rings. The van der Waals surface area contributed by atoms with E-state index in [0.717, 1.165) is 36.8 Å². The van der Waals surface area contributed by atoms with E-state index in [0.29, 0.717) is 33.1 Å². The standard InChI is InChI=1S/C30H30Cl3N3O2/c1-19-28(30(37)34-25-9-5-6-10-27(25)38-18-20-7-3-2-4-8-20)35-36(26-16-15-23(32)17-24(26)33)29(19)21-11-13-22(31)14-12-21/h2-4,7-8,11-17,19,25,27,29H,5-6,9-10,18H2,1H3,(H,34,37)/t19?,25-,27-,29?/m1/s1. The number of rotatable bonds is 7. The van der Waals surface area contributed by atoms with Crippen molar-refractivity contribution in [2.24, 2.45) is 11.0 Å². The van der Waals surface area contributed by atoms with Gasteiger partial charge in [0.2, 0.25) is 0 Å². The number of anilines is 1. The van der Waals surface area contributed by atoms with Gasteiger partial charge in [-0.15, -0.1) is 0 Å². The van der Waals surface area contributed by atoms with Crippen LogP contribution in [0.3, 0.4) is 0 Å². The lowest BCUT2D eigenvalue weighted by Gasteiger charge is -2.32. The van der Waals surface area contributed by atoms with E-state index in [1.807, 2.05) is 60.5 Å². The molecule has 0 spiro atoms. The van der Waals surface area contributed by atoms with Crippen LogP contribution in [-0.4, -0.2) is 23.8 Å². The van der Waals surface area contributed by atoms with Gasteiger partial charge >= 0.3 is 0 Å². The second kappa shape index (κ2) is 12.1. The van der Waals surface area contributed by atoms with Crippen molar-refractivity contribution in [1.82, 2.24) is 5.32 Å². The maximum atomic E-state index is 13.7. The van der Waals surface area contributed by atoms with Crippen LogP contribution in [0, 0.1) is 5.92 Å². The van der Waals surface area contributed by atoms with Crippen LogP contribution in [0.25, 0.3) is 0 Å². The summed E-state index contributed by atoms with van der Waals surface area (Å²) < 4.78 is 6.28. The highest BCUT2D eigenvalue weighted by Gasteiger charge is 2.41. The zero-order valence-corrected chi connectivity index (χ0v) is 23.4. The van der Waals surface area contributed by atoms with Crippen molar-refractivity contribution < 1.29 is 9.53 Å². The first kappa shape index (κ1) is 27.0. The average Bonchev–Trinajstić information content (AvgIpc) is 3.26. The maximum Gasteiger partial charge on any atom is 0.268 e. The Hall–Kier alpha value is -2.57. The van der Waals surface area contributed by atoms with Crippen molar-refractivity contribution in [3.63, 3.8) is 0 Å². The van der Waals surface area contributed by atoms with Gasteiger partial charge in [-0.3, -0.25) is 9.80 Å². The Bertz CT molecular complexity index is 1300. The number of carbonyl (C=O) groups excluding carboxylic acids is 1. The van der Waals surface area contributed by atoms with Gasteiger partial charge < -0.3 is 10.1 Å². The predicted octanol–water partition coefficient (Wildman–Crippen LogP) is 7.84. The summed E-state index contributed by atoms with van der Waals surface area (Å²) in [6.45, 7) is 2.54. The number of halogens is 3. The second-order valence-electron chi connectivity index (χ2n) is 9.91. The zero-order valence-electron chi connectivity index (χ0n) is 21.1. The molecule has 4 atom stereocenters. The Morgan fingerprint density at radius 3 is 2.42 bits per heavy atom. The average molecular weight is 571 g/mol. The molecule has 198 valence electrons. The minimum absolute atomic E-state index is 0.0425. The number of hydrogen-bond acceptors (Lipinski definition) is 4. The molecule has 1 heterocycles. The molecule has 2 unspecified atom stereocenters. The lowest BCUT2D eigenvalue weighted by Crippen LogP contribution is -2.49. The highest BCUT2D eigenvalue weighted by Crippen LogP contribution is 2.42. The molecule has 0 aromatic heterocycles. The molecule has 0 bridgehead atoms. The van der Waals surface area contributed by atoms with E-state index in [2.05, 4.69) is 17.4 Å². The fourth-order valence-corrected chi connectivity index (χ4v) is 5.95. The third-order valence-electron chi connectivity index (χ3n) is 7.31. The van der Waals surface area contributed by atoms with Gasteiger partial charge in [0, 0.05) is 16.0 Å². The maximum absolute atomic E-state index is 13.7. The predicted molar refractivity (Wildman–Crippen MR) is 155 cm³/mol. The molecule has 1 aliphatic heterocycles. The van der Waals surface area contributed by atoms with Crippen molar-refractivity contribution in [3.8, 4) is 0 Å². The Kier molecular flexibility index (Phi) is 8.59. The quantitative estimate of drug-likeness (QED) is 0.315. The number of nitrogens with zero attached hydrogens (tertiary/aromatic N) is 2. The summed E-state index contributed by atoms with van der Waals surface area (Å²) in [5.41, 5.74) is 3.26. The highest BCUT2D eigenvalue weighted by molar-refractivity contribution is 6.41. The molecule has 1 saturated carbocycles. The first-order valence-electron chi connectivity index (χ1n) is 13.0. The van der Waals surface area contributed by atoms with Gasteiger partial charge in [-0.05, 0) is 54.3 Å². The van der Waals surface area contributed by atoms with Crippen molar-refractivity contribution >= 4 is 52.1 Å². The summed E-state index contributed by atoms with van der Waals surface area (Å²) in [6.07, 6.45) is 3.89. The molecule has 0 radical (unpaired) electrons. The van der Waals surface area contributed by atoms with Gasteiger partial charge in [-0.1, -0.05) is 97.0 Å². The van der Waals surface area contributed by atoms with E-state index < -0.39 is 0 Å². The van der Waals surface area contributed by atoms with Crippen LogP contribution in [0.4, 0.5) is 5.69 Å². The molecular weight excluding hydrogens is 541 g/mol. The van der Waals surface area contributed by atoms with E-state index in [4.69, 9.17) is 44.6 Å². The molecule has 1 fully saturated rings. The van der Waals surface area contributed by atoms with E-state index in [9.17, 15) is 4.79 Å². The summed E-state index contributed by atoms with van der Waals surface area (Å²) >= 11 is 18.9. The minimum atomic E-state index is -0.233. The summed E-state index contributed by atoms with van der Waals surface area (Å²) in [7, 11) is 0. The lowest BCUT2D eigenvalue weighted by molar-refractivity contribution is -0.117. The summed E-state index contributed by atoms with van der Waals surface area (Å²) in [6, 6.07) is 22.7. The Labute approximate surface area is 238 Å². The molecule has 1 aliphatic carbocycles. The smallest absolute Gasteiger partial charge is 0.268 e. The second-order valence-corrected chi connectivity index (χ2v) is 11.2. The minimum Gasteiger partial charge on any atom is -0.371 e. The molecule has 8 heteroatoms. The van der Waals surface area contributed by atoms with Gasteiger partial charge in [0.05, 0.1) is 35.5 Å². The van der Waals surface area contributed by atoms with E-state index in [1.165, 1.54) is 0 Å². The van der Waals surface area contributed by atoms with Crippen LogP contribution < -0.4 is 10.3 Å². The largest absolute Gasteiger partial charge is 0.371 e. The molecule has 5 nitrogen and oxygen atoms in total. The molecular formula is C30H30Cl3N3O2. The number of nitrogens with one attached hydrogen (secondary N) is 1. The Morgan fingerprint density at radius 1 is 0.974 bits per heavy atom. The van der Waals surface area contributed by atoms with E-state index in [-0.39, 0.29) is 30.0 Å². The van der Waals surface area contributed by atoms with E-state index >= 15 is 0 Å². The van der Waals surface area contributed by atoms with Gasteiger partial charge in [-0.2, -0.15) is 5.10 Å². The summed E-state index contributed by atoms with van der Waals surface area (Å²) in [5.74, 6) is -0.376. The summed E-state index contributed by atoms with van der Waals surface area (Å²) in [5, 5.41) is 11.6. The van der Waals surface area contributed by atoms with Crippen LogP contribution in [-0.2, 0) is 16.1 Å². The third kappa shape index (κ3) is 6.02. The number of amides is 1. The van der Waals surface area contributed by atoms with Gasteiger partial charge in [0.25, 0.3) is 5.91 Å². The monoisotopic (exact) mass is 569 g/mol. The SMILES string of the molecule is CC1C(C(=O)N[C@@H]2CCCC[C@H]2OCc2ccccc2)=NN(c2ccc(Cl)cc2Cl)C1c1ccc(Cl)cc1. The fourth-order valence-electron chi connectivity index (χ4n) is 5.32. The van der Waals surface area contributed by atoms with Gasteiger partial charge in [0.15, 0.2) is 0 Å². The zero-order chi connectivity index (χ0) is 26.6. The number of hydrazone groups is 1. The molecule has 5 rings (SSSR count). The van der Waals surface area contributed by atoms with Crippen molar-refractivity contribution in [1.29, 1.82) is 0 Å². The number of benzene rings is 3. The fraction of sp³-hybridized carbons (Fsp3) is 0.333. The number of hydrogen-bond donors (Lipinski definition) is 1. The van der Waals surface area contributed by atoms with E-state index in [1.54, 1.807) is 12.1 Å². The molecule has 0 saturated heterocycles. The first-order valence-corrected chi connectivity index (χ1v) is 14.1. The topological polar surface area (TPSA) is 53.9 Å². The lowest BCUT2D eigenvalue weighted by atomic mass is 9.89. The normalized spacial score (nSPS) is 23.3. The van der Waals surface area contributed by atoms with Crippen molar-refractivity contribution in [2.45, 2.75) is 57.4 Å². The molecule has 3 aromatic rings. The van der Waals surface area contributed by atoms with Crippen LogP contribution in [0.5, 0.6) is 0 Å². The van der Waals surface area contributed by atoms with Gasteiger partial charge in [-0.25, -0.2) is 0 Å². The summed E-state index contributed by atoms with van der Waals surface area (Å²) in [4.78, 5) is 13.7. The molecule has 1 amide bonds. The first-order chi connectivity index (χ1) is 18.4. The third-order valence-corrected chi connectivity index (χ3v) is 8.10. The Balaban J connectivity index is 1.38. The van der Waals surface area contributed by atoms with Crippen LogP contribution in [0.2, 0.25) is 15.1 Å². The van der Waals surface area contributed by atoms with Crippen LogP contribution in [0.15, 0.2) is 77.9 Å².